The van der Waals surface area contributed by atoms with Gasteiger partial charge >= 0.3 is 0 Å². The van der Waals surface area contributed by atoms with Crippen LogP contribution in [0.5, 0.6) is 0 Å². The fourth-order valence-corrected chi connectivity index (χ4v) is 1.75. The van der Waals surface area contributed by atoms with Gasteiger partial charge in [0.2, 0.25) is 11.8 Å². The number of amides is 2. The van der Waals surface area contributed by atoms with E-state index in [1.54, 1.807) is 0 Å². The summed E-state index contributed by atoms with van der Waals surface area (Å²) < 4.78 is 5.31. The van der Waals surface area contributed by atoms with Crippen LogP contribution in [0.3, 0.4) is 0 Å². The average molecular weight is 258 g/mol. The average Bonchev–Trinajstić information content (AvgIpc) is 2.37. The Labute approximate surface area is 107 Å². The highest BCUT2D eigenvalue weighted by atomic mass is 16.8. The standard InChI is InChI=1S/C12H22N2O4/c13-10(15)6-2-1-3-7-11(16)14-18-12-8-4-5-9-17-12/h12H,1-9H2,(H2,13,15)(H,14,16). The van der Waals surface area contributed by atoms with Crippen LogP contribution >= 0.6 is 0 Å². The van der Waals surface area contributed by atoms with Gasteiger partial charge in [-0.2, -0.15) is 0 Å². The molecule has 0 saturated carbocycles. The minimum atomic E-state index is -0.308. The summed E-state index contributed by atoms with van der Waals surface area (Å²) in [5.74, 6) is -0.444. The van der Waals surface area contributed by atoms with Gasteiger partial charge in [-0.25, -0.2) is 10.3 Å². The van der Waals surface area contributed by atoms with E-state index in [0.29, 0.717) is 19.4 Å². The second-order valence-corrected chi connectivity index (χ2v) is 4.47. The molecule has 0 aromatic heterocycles. The molecule has 2 amide bonds. The Balaban J connectivity index is 1.94. The summed E-state index contributed by atoms with van der Waals surface area (Å²) in [5, 5.41) is 0. The number of nitrogens with one attached hydrogen (secondary N) is 1. The molecule has 6 heteroatoms. The Morgan fingerprint density at radius 3 is 2.67 bits per heavy atom. The van der Waals surface area contributed by atoms with Gasteiger partial charge in [-0.3, -0.25) is 9.59 Å². The van der Waals surface area contributed by atoms with E-state index >= 15 is 0 Å². The highest BCUT2D eigenvalue weighted by Crippen LogP contribution is 2.12. The summed E-state index contributed by atoms with van der Waals surface area (Å²) in [7, 11) is 0. The van der Waals surface area contributed by atoms with Crippen molar-refractivity contribution in [3.8, 4) is 0 Å². The van der Waals surface area contributed by atoms with Crippen molar-refractivity contribution in [3.05, 3.63) is 0 Å². The summed E-state index contributed by atoms with van der Waals surface area (Å²) in [4.78, 5) is 27.0. The van der Waals surface area contributed by atoms with Crippen LogP contribution in [-0.4, -0.2) is 24.7 Å². The number of hydrogen-bond donors (Lipinski definition) is 2. The highest BCUT2D eigenvalue weighted by molar-refractivity contribution is 5.74. The predicted octanol–water partition coefficient (Wildman–Crippen LogP) is 0.997. The van der Waals surface area contributed by atoms with E-state index in [2.05, 4.69) is 5.48 Å². The molecule has 0 aromatic rings. The van der Waals surface area contributed by atoms with Crippen molar-refractivity contribution >= 4 is 11.8 Å². The van der Waals surface area contributed by atoms with E-state index in [9.17, 15) is 9.59 Å². The molecule has 18 heavy (non-hydrogen) atoms. The van der Waals surface area contributed by atoms with Crippen LogP contribution in [-0.2, 0) is 19.2 Å². The Morgan fingerprint density at radius 1 is 1.22 bits per heavy atom. The number of hydrogen-bond acceptors (Lipinski definition) is 4. The molecule has 1 aliphatic heterocycles. The number of carbonyl (C=O) groups excluding carboxylic acids is 2. The summed E-state index contributed by atoms with van der Waals surface area (Å²) >= 11 is 0. The summed E-state index contributed by atoms with van der Waals surface area (Å²) in [6.45, 7) is 0.688. The molecule has 1 aliphatic rings. The Hall–Kier alpha value is -1.14. The maximum absolute atomic E-state index is 11.4. The molecule has 1 rings (SSSR count). The molecule has 6 nitrogen and oxygen atoms in total. The van der Waals surface area contributed by atoms with E-state index in [0.717, 1.165) is 38.5 Å². The number of carbonyl (C=O) groups is 2. The van der Waals surface area contributed by atoms with Crippen molar-refractivity contribution in [3.63, 3.8) is 0 Å². The van der Waals surface area contributed by atoms with Crippen LogP contribution in [0.4, 0.5) is 0 Å². The smallest absolute Gasteiger partial charge is 0.243 e. The van der Waals surface area contributed by atoms with Crippen molar-refractivity contribution in [2.75, 3.05) is 6.61 Å². The number of ether oxygens (including phenoxy) is 1. The minimum absolute atomic E-state index is 0.150. The topological polar surface area (TPSA) is 90.7 Å². The quantitative estimate of drug-likeness (QED) is 0.502. The molecule has 0 spiro atoms. The molecule has 1 unspecified atom stereocenters. The van der Waals surface area contributed by atoms with Crippen molar-refractivity contribution in [1.82, 2.24) is 5.48 Å². The lowest BCUT2D eigenvalue weighted by molar-refractivity contribution is -0.200. The zero-order valence-electron chi connectivity index (χ0n) is 10.7. The molecular weight excluding hydrogens is 236 g/mol. The van der Waals surface area contributed by atoms with Crippen molar-refractivity contribution < 1.29 is 19.2 Å². The molecule has 1 heterocycles. The maximum atomic E-state index is 11.4. The molecular formula is C12H22N2O4. The number of nitrogens with two attached hydrogens (primary N) is 1. The van der Waals surface area contributed by atoms with E-state index < -0.39 is 0 Å². The molecule has 0 bridgehead atoms. The predicted molar refractivity (Wildman–Crippen MR) is 65.1 cm³/mol. The van der Waals surface area contributed by atoms with Crippen LogP contribution in [0.25, 0.3) is 0 Å². The lowest BCUT2D eigenvalue weighted by Gasteiger charge is -2.22. The van der Waals surface area contributed by atoms with E-state index in [4.69, 9.17) is 15.3 Å². The molecule has 3 N–H and O–H groups in total. The molecule has 0 aromatic carbocycles. The van der Waals surface area contributed by atoms with Crippen LogP contribution in [0, 0.1) is 0 Å². The minimum Gasteiger partial charge on any atom is -0.370 e. The zero-order valence-corrected chi connectivity index (χ0v) is 10.7. The first-order valence-electron chi connectivity index (χ1n) is 6.53. The van der Waals surface area contributed by atoms with Crippen molar-refractivity contribution in [2.24, 2.45) is 5.73 Å². The first kappa shape index (κ1) is 14.9. The Kier molecular flexibility index (Phi) is 7.36. The van der Waals surface area contributed by atoms with E-state index in [-0.39, 0.29) is 18.1 Å². The van der Waals surface area contributed by atoms with Crippen LogP contribution in [0.1, 0.15) is 51.4 Å². The summed E-state index contributed by atoms with van der Waals surface area (Å²) in [5.41, 5.74) is 7.41. The molecule has 0 radical (unpaired) electrons. The highest BCUT2D eigenvalue weighted by Gasteiger charge is 2.15. The Morgan fingerprint density at radius 2 is 2.00 bits per heavy atom. The Bertz CT molecular complexity index is 265. The van der Waals surface area contributed by atoms with Gasteiger partial charge in [0.25, 0.3) is 0 Å². The molecule has 104 valence electrons. The number of rotatable bonds is 8. The molecule has 1 saturated heterocycles. The van der Waals surface area contributed by atoms with Gasteiger partial charge in [-0.15, -0.1) is 0 Å². The van der Waals surface area contributed by atoms with Gasteiger partial charge in [0, 0.05) is 25.9 Å². The zero-order chi connectivity index (χ0) is 13.2. The van der Waals surface area contributed by atoms with E-state index in [1.165, 1.54) is 0 Å². The van der Waals surface area contributed by atoms with Crippen LogP contribution < -0.4 is 11.2 Å². The first-order valence-corrected chi connectivity index (χ1v) is 6.53. The number of primary amides is 1. The lowest BCUT2D eigenvalue weighted by Crippen LogP contribution is -2.32. The molecule has 0 aliphatic carbocycles. The van der Waals surface area contributed by atoms with Gasteiger partial charge in [0.15, 0.2) is 6.29 Å². The van der Waals surface area contributed by atoms with Gasteiger partial charge in [0.05, 0.1) is 0 Å². The summed E-state index contributed by atoms with van der Waals surface area (Å²) in [6.07, 6.45) is 5.68. The summed E-state index contributed by atoms with van der Waals surface area (Å²) in [6, 6.07) is 0. The van der Waals surface area contributed by atoms with Gasteiger partial charge in [0.1, 0.15) is 0 Å². The van der Waals surface area contributed by atoms with Crippen molar-refractivity contribution in [2.45, 2.75) is 57.7 Å². The van der Waals surface area contributed by atoms with Crippen LogP contribution in [0.15, 0.2) is 0 Å². The molecule has 1 atom stereocenters. The lowest BCUT2D eigenvalue weighted by atomic mass is 10.1. The van der Waals surface area contributed by atoms with E-state index in [1.807, 2.05) is 0 Å². The second kappa shape index (κ2) is 8.88. The largest absolute Gasteiger partial charge is 0.370 e. The van der Waals surface area contributed by atoms with Gasteiger partial charge in [-0.1, -0.05) is 6.42 Å². The fraction of sp³-hybridized carbons (Fsp3) is 0.833. The SMILES string of the molecule is NC(=O)CCCCCC(=O)NOC1CCCCO1. The second-order valence-electron chi connectivity index (χ2n) is 4.47. The fourth-order valence-electron chi connectivity index (χ4n) is 1.75. The van der Waals surface area contributed by atoms with Crippen LogP contribution in [0.2, 0.25) is 0 Å². The maximum Gasteiger partial charge on any atom is 0.243 e. The monoisotopic (exact) mass is 258 g/mol. The third-order valence-electron chi connectivity index (χ3n) is 2.77. The van der Waals surface area contributed by atoms with Crippen molar-refractivity contribution in [1.29, 1.82) is 0 Å². The third kappa shape index (κ3) is 7.24. The normalized spacial score (nSPS) is 19.4. The first-order chi connectivity index (χ1) is 8.68. The number of unbranched alkanes of at least 4 members (excludes halogenated alkanes) is 2. The third-order valence-corrected chi connectivity index (χ3v) is 2.77. The van der Waals surface area contributed by atoms with Gasteiger partial charge in [-0.05, 0) is 25.7 Å². The number of hydroxylamine groups is 1. The molecule has 1 fully saturated rings. The van der Waals surface area contributed by atoms with Gasteiger partial charge < -0.3 is 10.5 Å².